The van der Waals surface area contributed by atoms with Crippen LogP contribution in [0.1, 0.15) is 28.7 Å². The van der Waals surface area contributed by atoms with Crippen molar-refractivity contribution >= 4 is 29.2 Å². The van der Waals surface area contributed by atoms with Gasteiger partial charge >= 0.3 is 5.97 Å². The van der Waals surface area contributed by atoms with Crippen molar-refractivity contribution in [3.8, 4) is 0 Å². The van der Waals surface area contributed by atoms with Crippen molar-refractivity contribution in [1.82, 2.24) is 15.0 Å². The Hall–Kier alpha value is -1.66. The van der Waals surface area contributed by atoms with E-state index in [1.165, 1.54) is 10.7 Å². The van der Waals surface area contributed by atoms with E-state index in [4.69, 9.17) is 27.9 Å². The first-order valence-electron chi connectivity index (χ1n) is 6.16. The molecule has 0 saturated heterocycles. The lowest BCUT2D eigenvalue weighted by molar-refractivity contribution is 0.0518. The molecule has 0 fully saturated rings. The molecule has 0 N–H and O–H groups in total. The Bertz CT molecular complexity index is 661. The van der Waals surface area contributed by atoms with Crippen LogP contribution in [-0.2, 0) is 17.2 Å². The zero-order valence-electron chi connectivity index (χ0n) is 11.1. The molecule has 1 aromatic carbocycles. The second kappa shape index (κ2) is 6.87. The van der Waals surface area contributed by atoms with Gasteiger partial charge in [0.2, 0.25) is 0 Å². The Kier molecular flexibility index (Phi) is 5.14. The molecule has 0 aliphatic carbocycles. The number of ether oxygens (including phenoxy) is 1. The molecule has 0 bridgehead atoms. The predicted molar refractivity (Wildman–Crippen MR) is 76.0 cm³/mol. The van der Waals surface area contributed by atoms with E-state index in [1.54, 1.807) is 19.1 Å². The third-order valence-corrected chi connectivity index (χ3v) is 3.33. The van der Waals surface area contributed by atoms with E-state index in [0.29, 0.717) is 11.3 Å². The van der Waals surface area contributed by atoms with E-state index in [2.05, 4.69) is 10.3 Å². The number of aromatic nitrogens is 3. The van der Waals surface area contributed by atoms with Crippen molar-refractivity contribution in [3.63, 3.8) is 0 Å². The van der Waals surface area contributed by atoms with Crippen LogP contribution in [0.4, 0.5) is 4.39 Å². The van der Waals surface area contributed by atoms with Crippen molar-refractivity contribution in [2.75, 3.05) is 6.61 Å². The predicted octanol–water partition coefficient (Wildman–Crippen LogP) is 3.03. The molecule has 5 nitrogen and oxygen atoms in total. The number of alkyl halides is 1. The quantitative estimate of drug-likeness (QED) is 0.624. The highest BCUT2D eigenvalue weighted by atomic mass is 35.5. The summed E-state index contributed by atoms with van der Waals surface area (Å²) in [6.07, 6.45) is 0. The van der Waals surface area contributed by atoms with Crippen molar-refractivity contribution < 1.29 is 13.9 Å². The third kappa shape index (κ3) is 3.33. The summed E-state index contributed by atoms with van der Waals surface area (Å²) in [5.74, 6) is -1.14. The van der Waals surface area contributed by atoms with Crippen molar-refractivity contribution in [3.05, 3.63) is 46.0 Å². The second-order valence-electron chi connectivity index (χ2n) is 4.11. The Balaban J connectivity index is 2.33. The van der Waals surface area contributed by atoms with E-state index in [-0.39, 0.29) is 29.7 Å². The fraction of sp³-hybridized carbons (Fsp3) is 0.308. The number of esters is 1. The van der Waals surface area contributed by atoms with E-state index >= 15 is 0 Å². The molecule has 0 atom stereocenters. The highest BCUT2D eigenvalue weighted by molar-refractivity contribution is 6.30. The molecule has 0 spiro atoms. The minimum absolute atomic E-state index is 0.00331. The molecule has 1 heterocycles. The molecule has 0 aliphatic heterocycles. The van der Waals surface area contributed by atoms with Crippen LogP contribution in [0.3, 0.4) is 0 Å². The normalized spacial score (nSPS) is 10.7. The summed E-state index contributed by atoms with van der Waals surface area (Å²) in [4.78, 5) is 11.7. The summed E-state index contributed by atoms with van der Waals surface area (Å²) >= 11 is 11.6. The highest BCUT2D eigenvalue weighted by Gasteiger charge is 2.21. The number of benzene rings is 1. The number of carbonyl (C=O) groups excluding carboxylic acids is 1. The minimum Gasteiger partial charge on any atom is -0.461 e. The van der Waals surface area contributed by atoms with Crippen molar-refractivity contribution in [2.24, 2.45) is 0 Å². The van der Waals surface area contributed by atoms with Crippen LogP contribution in [0.15, 0.2) is 18.2 Å². The summed E-state index contributed by atoms with van der Waals surface area (Å²) in [6.45, 7) is 1.97. The summed E-state index contributed by atoms with van der Waals surface area (Å²) in [6, 6.07) is 4.66. The summed E-state index contributed by atoms with van der Waals surface area (Å²) in [5, 5.41) is 7.60. The maximum Gasteiger partial charge on any atom is 0.360 e. The molecule has 2 aromatic rings. The van der Waals surface area contributed by atoms with E-state index < -0.39 is 11.8 Å². The van der Waals surface area contributed by atoms with Crippen LogP contribution in [0.5, 0.6) is 0 Å². The zero-order chi connectivity index (χ0) is 15.4. The molecule has 0 unspecified atom stereocenters. The molecule has 112 valence electrons. The number of nitrogens with zero attached hydrogens (tertiary/aromatic N) is 3. The lowest BCUT2D eigenvalue weighted by atomic mass is 10.2. The van der Waals surface area contributed by atoms with Gasteiger partial charge < -0.3 is 4.74 Å². The summed E-state index contributed by atoms with van der Waals surface area (Å²) in [5.41, 5.74) is 0.734. The Labute approximate surface area is 130 Å². The van der Waals surface area contributed by atoms with Crippen LogP contribution in [0, 0.1) is 5.82 Å². The van der Waals surface area contributed by atoms with Gasteiger partial charge in [0.15, 0.2) is 5.69 Å². The topological polar surface area (TPSA) is 57.0 Å². The largest absolute Gasteiger partial charge is 0.461 e. The lowest BCUT2D eigenvalue weighted by Gasteiger charge is -2.07. The maximum atomic E-state index is 13.9. The monoisotopic (exact) mass is 331 g/mol. The standard InChI is InChI=1S/C13H12Cl2FN3O2/c1-2-21-13(20)12-10(6-14)19(18-17-12)7-8-4-3-5-9(15)11(8)16/h3-5H,2,6-7H2,1H3. The van der Waals surface area contributed by atoms with E-state index in [0.717, 1.165) is 0 Å². The van der Waals surface area contributed by atoms with Gasteiger partial charge in [0, 0.05) is 5.56 Å². The fourth-order valence-corrected chi connectivity index (χ4v) is 2.24. The maximum absolute atomic E-state index is 13.9. The highest BCUT2D eigenvalue weighted by Crippen LogP contribution is 2.20. The molecule has 0 amide bonds. The van der Waals surface area contributed by atoms with Crippen molar-refractivity contribution in [1.29, 1.82) is 0 Å². The molecule has 0 aliphatic rings. The van der Waals surface area contributed by atoms with Crippen molar-refractivity contribution in [2.45, 2.75) is 19.3 Å². The van der Waals surface area contributed by atoms with Crippen LogP contribution >= 0.6 is 23.2 Å². The number of hydrogen-bond acceptors (Lipinski definition) is 4. The van der Waals surface area contributed by atoms with Gasteiger partial charge in [-0.25, -0.2) is 13.9 Å². The van der Waals surface area contributed by atoms with Crippen LogP contribution < -0.4 is 0 Å². The zero-order valence-corrected chi connectivity index (χ0v) is 12.7. The van der Waals surface area contributed by atoms with Gasteiger partial charge in [-0.05, 0) is 13.0 Å². The van der Waals surface area contributed by atoms with Gasteiger partial charge in [-0.1, -0.05) is 28.9 Å². The lowest BCUT2D eigenvalue weighted by Crippen LogP contribution is -2.11. The Morgan fingerprint density at radius 3 is 2.90 bits per heavy atom. The molecule has 0 radical (unpaired) electrons. The first kappa shape index (κ1) is 15.7. The number of halogens is 3. The first-order chi connectivity index (χ1) is 10.1. The minimum atomic E-state index is -0.606. The Morgan fingerprint density at radius 2 is 2.24 bits per heavy atom. The number of hydrogen-bond donors (Lipinski definition) is 0. The smallest absolute Gasteiger partial charge is 0.360 e. The van der Waals surface area contributed by atoms with E-state index in [1.807, 2.05) is 0 Å². The molecular weight excluding hydrogens is 320 g/mol. The molecule has 8 heteroatoms. The average molecular weight is 332 g/mol. The van der Waals surface area contributed by atoms with Gasteiger partial charge in [0.25, 0.3) is 0 Å². The number of rotatable bonds is 5. The van der Waals surface area contributed by atoms with Crippen LogP contribution in [-0.4, -0.2) is 27.6 Å². The SMILES string of the molecule is CCOC(=O)c1nnn(Cc2cccc(Cl)c2F)c1CCl. The van der Waals surface area contributed by atoms with Gasteiger partial charge in [0.1, 0.15) is 5.82 Å². The molecule has 0 saturated carbocycles. The Morgan fingerprint density at radius 1 is 1.48 bits per heavy atom. The number of carbonyl (C=O) groups is 1. The molecule has 2 rings (SSSR count). The first-order valence-corrected chi connectivity index (χ1v) is 7.08. The molecular formula is C13H12Cl2FN3O2. The van der Waals surface area contributed by atoms with Gasteiger partial charge in [-0.15, -0.1) is 16.7 Å². The third-order valence-electron chi connectivity index (χ3n) is 2.78. The van der Waals surface area contributed by atoms with E-state index in [9.17, 15) is 9.18 Å². The summed E-state index contributed by atoms with van der Waals surface area (Å²) < 4.78 is 20.1. The van der Waals surface area contributed by atoms with Gasteiger partial charge in [0.05, 0.1) is 29.7 Å². The fourth-order valence-electron chi connectivity index (χ4n) is 1.78. The average Bonchev–Trinajstić information content (AvgIpc) is 2.87. The van der Waals surface area contributed by atoms with Crippen LogP contribution in [0.25, 0.3) is 0 Å². The molecule has 21 heavy (non-hydrogen) atoms. The van der Waals surface area contributed by atoms with Crippen LogP contribution in [0.2, 0.25) is 5.02 Å². The second-order valence-corrected chi connectivity index (χ2v) is 4.78. The van der Waals surface area contributed by atoms with Gasteiger partial charge in [-0.2, -0.15) is 0 Å². The van der Waals surface area contributed by atoms with Gasteiger partial charge in [-0.3, -0.25) is 0 Å². The summed E-state index contributed by atoms with van der Waals surface area (Å²) in [7, 11) is 0. The molecule has 1 aromatic heterocycles.